The first-order valence-corrected chi connectivity index (χ1v) is 12.0. The molecule has 1 fully saturated rings. The summed E-state index contributed by atoms with van der Waals surface area (Å²) in [6, 6.07) is 17.7. The van der Waals surface area contributed by atoms with E-state index < -0.39 is 0 Å². The van der Waals surface area contributed by atoms with Crippen LogP contribution < -0.4 is 10.2 Å². The van der Waals surface area contributed by atoms with Gasteiger partial charge in [0.05, 0.1) is 12.2 Å². The van der Waals surface area contributed by atoms with Crippen LogP contribution in [0.25, 0.3) is 11.4 Å². The second kappa shape index (κ2) is 9.28. The van der Waals surface area contributed by atoms with Crippen molar-refractivity contribution in [1.29, 1.82) is 0 Å². The molecular formula is C25H26BrN5O. The van der Waals surface area contributed by atoms with E-state index in [0.29, 0.717) is 13.1 Å². The number of carbonyl (C=O) groups excluding carboxylic acids is 1. The van der Waals surface area contributed by atoms with E-state index in [1.165, 1.54) is 19.3 Å². The topological polar surface area (TPSA) is 61.4 Å². The molecule has 0 bridgehead atoms. The molecule has 0 aliphatic carbocycles. The Morgan fingerprint density at radius 2 is 1.66 bits per heavy atom. The highest BCUT2D eigenvalue weighted by Crippen LogP contribution is 2.31. The van der Waals surface area contributed by atoms with Crippen LogP contribution in [-0.2, 0) is 13.0 Å². The van der Waals surface area contributed by atoms with Crippen molar-refractivity contribution in [3.63, 3.8) is 0 Å². The Morgan fingerprint density at radius 1 is 0.906 bits per heavy atom. The fraction of sp³-hybridized carbons (Fsp3) is 0.320. The average Bonchev–Trinajstić information content (AvgIpc) is 2.85. The molecule has 32 heavy (non-hydrogen) atoms. The van der Waals surface area contributed by atoms with Crippen LogP contribution in [0.5, 0.6) is 0 Å². The molecular weight excluding hydrogens is 466 g/mol. The van der Waals surface area contributed by atoms with Crippen molar-refractivity contribution < 1.29 is 4.79 Å². The Morgan fingerprint density at radius 3 is 2.41 bits per heavy atom. The van der Waals surface area contributed by atoms with Gasteiger partial charge in [-0.2, -0.15) is 0 Å². The quantitative estimate of drug-likeness (QED) is 0.526. The van der Waals surface area contributed by atoms with Gasteiger partial charge in [0, 0.05) is 47.3 Å². The number of fused-ring (bicyclic) bond motifs is 1. The van der Waals surface area contributed by atoms with E-state index >= 15 is 0 Å². The first-order valence-electron chi connectivity index (χ1n) is 11.2. The number of rotatable bonds is 3. The minimum atomic E-state index is -0.0882. The molecule has 2 aromatic carbocycles. The Bertz CT molecular complexity index is 1100. The third-order valence-electron chi connectivity index (χ3n) is 6.11. The summed E-state index contributed by atoms with van der Waals surface area (Å²) in [7, 11) is 0. The van der Waals surface area contributed by atoms with E-state index in [4.69, 9.17) is 9.97 Å². The summed E-state index contributed by atoms with van der Waals surface area (Å²) < 4.78 is 0.986. The van der Waals surface area contributed by atoms with Crippen LogP contribution in [0.1, 0.15) is 30.5 Å². The Balaban J connectivity index is 1.44. The van der Waals surface area contributed by atoms with E-state index in [1.54, 1.807) is 0 Å². The van der Waals surface area contributed by atoms with Gasteiger partial charge in [-0.3, -0.25) is 0 Å². The summed E-state index contributed by atoms with van der Waals surface area (Å²) in [5.74, 6) is 1.77. The first kappa shape index (κ1) is 20.9. The van der Waals surface area contributed by atoms with Crippen LogP contribution >= 0.6 is 15.9 Å². The number of hydrogen-bond acceptors (Lipinski definition) is 4. The molecule has 0 radical (unpaired) electrons. The molecule has 1 aromatic heterocycles. The zero-order chi connectivity index (χ0) is 21.9. The molecule has 164 valence electrons. The normalized spacial score (nSPS) is 15.9. The molecule has 2 aliphatic heterocycles. The van der Waals surface area contributed by atoms with Crippen LogP contribution in [0.15, 0.2) is 59.1 Å². The van der Waals surface area contributed by atoms with Crippen molar-refractivity contribution in [2.75, 3.05) is 29.9 Å². The minimum absolute atomic E-state index is 0.0882. The number of nitrogens with zero attached hydrogens (tertiary/aromatic N) is 4. The van der Waals surface area contributed by atoms with Gasteiger partial charge in [-0.05, 0) is 43.5 Å². The number of hydrogen-bond donors (Lipinski definition) is 1. The Hall–Kier alpha value is -2.93. The van der Waals surface area contributed by atoms with E-state index in [1.807, 2.05) is 47.4 Å². The molecule has 1 saturated heterocycles. The molecule has 7 heteroatoms. The lowest BCUT2D eigenvalue weighted by molar-refractivity contribution is 0.206. The zero-order valence-corrected chi connectivity index (χ0v) is 19.5. The molecule has 0 spiro atoms. The highest BCUT2D eigenvalue weighted by Gasteiger charge is 2.28. The number of aromatic nitrogens is 2. The lowest BCUT2D eigenvalue weighted by atomic mass is 10.0. The summed E-state index contributed by atoms with van der Waals surface area (Å²) in [6.45, 7) is 3.17. The lowest BCUT2D eigenvalue weighted by Crippen LogP contribution is -2.41. The molecule has 0 atom stereocenters. The van der Waals surface area contributed by atoms with Gasteiger partial charge in [0.2, 0.25) is 0 Å². The minimum Gasteiger partial charge on any atom is -0.356 e. The number of carbonyl (C=O) groups is 1. The van der Waals surface area contributed by atoms with Crippen molar-refractivity contribution >= 4 is 33.5 Å². The number of amides is 2. The van der Waals surface area contributed by atoms with E-state index in [-0.39, 0.29) is 6.03 Å². The highest BCUT2D eigenvalue weighted by atomic mass is 79.9. The highest BCUT2D eigenvalue weighted by molar-refractivity contribution is 9.10. The number of piperidine rings is 1. The largest absolute Gasteiger partial charge is 0.356 e. The maximum absolute atomic E-state index is 13.0. The smallest absolute Gasteiger partial charge is 0.322 e. The average molecular weight is 492 g/mol. The van der Waals surface area contributed by atoms with Crippen LogP contribution in [0.3, 0.4) is 0 Å². The number of anilines is 2. The summed E-state index contributed by atoms with van der Waals surface area (Å²) in [6.07, 6.45) is 4.34. The summed E-state index contributed by atoms with van der Waals surface area (Å²) in [4.78, 5) is 27.2. The fourth-order valence-corrected chi connectivity index (χ4v) is 4.65. The van der Waals surface area contributed by atoms with Gasteiger partial charge in [0.25, 0.3) is 0 Å². The fourth-order valence-electron chi connectivity index (χ4n) is 4.39. The maximum atomic E-state index is 13.0. The van der Waals surface area contributed by atoms with E-state index in [2.05, 4.69) is 38.3 Å². The van der Waals surface area contributed by atoms with Crippen LogP contribution in [0.4, 0.5) is 16.3 Å². The van der Waals surface area contributed by atoms with Gasteiger partial charge in [-0.1, -0.05) is 46.3 Å². The second-order valence-electron chi connectivity index (χ2n) is 8.32. The van der Waals surface area contributed by atoms with E-state index in [9.17, 15) is 4.79 Å². The first-order chi connectivity index (χ1) is 15.7. The van der Waals surface area contributed by atoms with E-state index in [0.717, 1.165) is 58.1 Å². The van der Waals surface area contributed by atoms with Gasteiger partial charge in [0.1, 0.15) is 5.82 Å². The Labute approximate surface area is 196 Å². The van der Waals surface area contributed by atoms with Crippen molar-refractivity contribution in [3.05, 3.63) is 70.3 Å². The maximum Gasteiger partial charge on any atom is 0.322 e. The third-order valence-corrected chi connectivity index (χ3v) is 6.64. The monoisotopic (exact) mass is 491 g/mol. The lowest BCUT2D eigenvalue weighted by Gasteiger charge is -2.34. The molecule has 3 aromatic rings. The van der Waals surface area contributed by atoms with Crippen LogP contribution in [-0.4, -0.2) is 40.5 Å². The summed E-state index contributed by atoms with van der Waals surface area (Å²) >= 11 is 3.43. The van der Waals surface area contributed by atoms with Gasteiger partial charge >= 0.3 is 6.03 Å². The molecule has 2 amide bonds. The zero-order valence-electron chi connectivity index (χ0n) is 17.9. The predicted octanol–water partition coefficient (Wildman–Crippen LogP) is 5.49. The van der Waals surface area contributed by atoms with Crippen LogP contribution in [0.2, 0.25) is 0 Å². The summed E-state index contributed by atoms with van der Waals surface area (Å²) in [5, 5.41) is 3.02. The number of nitrogens with one attached hydrogen (secondary N) is 1. The standard InChI is InChI=1S/C25H26BrN5O/c26-19-9-11-20(12-10-19)27-25(32)31-16-13-22-21(17-31)24(30-14-5-2-6-15-30)29-23(28-22)18-7-3-1-4-8-18/h1,3-4,7-12H,2,5-6,13-17H2,(H,27,32). The van der Waals surface area contributed by atoms with Gasteiger partial charge in [-0.25, -0.2) is 14.8 Å². The second-order valence-corrected chi connectivity index (χ2v) is 9.23. The van der Waals surface area contributed by atoms with Crippen molar-refractivity contribution in [2.45, 2.75) is 32.2 Å². The predicted molar refractivity (Wildman–Crippen MR) is 131 cm³/mol. The molecule has 0 saturated carbocycles. The molecule has 3 heterocycles. The van der Waals surface area contributed by atoms with Gasteiger partial charge in [-0.15, -0.1) is 0 Å². The van der Waals surface area contributed by atoms with Crippen molar-refractivity contribution in [2.24, 2.45) is 0 Å². The third kappa shape index (κ3) is 4.48. The molecule has 6 nitrogen and oxygen atoms in total. The van der Waals surface area contributed by atoms with Gasteiger partial charge < -0.3 is 15.1 Å². The van der Waals surface area contributed by atoms with Crippen molar-refractivity contribution in [3.8, 4) is 11.4 Å². The van der Waals surface area contributed by atoms with Crippen LogP contribution in [0, 0.1) is 0 Å². The Kier molecular flexibility index (Phi) is 6.08. The molecule has 1 N–H and O–H groups in total. The molecule has 0 unspecified atom stereocenters. The number of halogens is 1. The number of benzene rings is 2. The molecule has 5 rings (SSSR count). The SMILES string of the molecule is O=C(Nc1ccc(Br)cc1)N1CCc2nc(-c3ccccc3)nc(N3CCCCC3)c2C1. The van der Waals surface area contributed by atoms with Crippen molar-refractivity contribution in [1.82, 2.24) is 14.9 Å². The number of urea groups is 1. The summed E-state index contributed by atoms with van der Waals surface area (Å²) in [5.41, 5.74) is 3.97. The molecule has 2 aliphatic rings. The van der Waals surface area contributed by atoms with Gasteiger partial charge in [0.15, 0.2) is 5.82 Å².